The summed E-state index contributed by atoms with van der Waals surface area (Å²) in [7, 11) is 3.04. The summed E-state index contributed by atoms with van der Waals surface area (Å²) in [5, 5.41) is 0.571. The van der Waals surface area contributed by atoms with Crippen LogP contribution in [0.5, 0.6) is 0 Å². The number of fused-ring (bicyclic) bond motifs is 1. The maximum Gasteiger partial charge on any atom is 0.338 e. The number of nitrogens with zero attached hydrogens (tertiary/aromatic N) is 5. The molecule has 2 aromatic heterocycles. The number of anilines is 1. The van der Waals surface area contributed by atoms with Gasteiger partial charge in [-0.1, -0.05) is 11.6 Å². The van der Waals surface area contributed by atoms with Gasteiger partial charge in [0.1, 0.15) is 6.61 Å². The minimum atomic E-state index is -0.409. The van der Waals surface area contributed by atoms with Crippen molar-refractivity contribution < 1.29 is 9.53 Å². The second-order valence-corrected chi connectivity index (χ2v) is 7.87. The van der Waals surface area contributed by atoms with Crippen LogP contribution >= 0.6 is 11.6 Å². The zero-order chi connectivity index (χ0) is 22.1. The number of hydrogen-bond acceptors (Lipinski definition) is 7. The number of esters is 1. The summed E-state index contributed by atoms with van der Waals surface area (Å²) in [6, 6.07) is 6.59. The lowest BCUT2D eigenvalue weighted by atomic mass is 10.2. The highest BCUT2D eigenvalue weighted by Gasteiger charge is 2.22. The van der Waals surface area contributed by atoms with Crippen LogP contribution in [0.4, 0.5) is 5.95 Å². The number of imidazole rings is 1. The van der Waals surface area contributed by atoms with E-state index in [1.807, 2.05) is 4.90 Å². The monoisotopic (exact) mass is 446 g/mol. The third-order valence-corrected chi connectivity index (χ3v) is 5.73. The molecule has 1 saturated heterocycles. The van der Waals surface area contributed by atoms with Gasteiger partial charge < -0.3 is 14.6 Å². The molecule has 11 heteroatoms. The van der Waals surface area contributed by atoms with Crippen molar-refractivity contribution in [2.75, 3.05) is 44.2 Å². The van der Waals surface area contributed by atoms with Crippen molar-refractivity contribution in [3.63, 3.8) is 0 Å². The van der Waals surface area contributed by atoms with Crippen molar-refractivity contribution in [2.24, 2.45) is 14.1 Å². The molecule has 1 aromatic carbocycles. The van der Waals surface area contributed by atoms with Crippen LogP contribution in [0.15, 0.2) is 33.9 Å². The fraction of sp³-hybridized carbons (Fsp3) is 0.400. The SMILES string of the molecule is Cn1c(=O)c2[nH]c(N3CCN(CCOC(=O)c4ccc(Cl)cc4)CC3)nc2n(C)c1=O. The fourth-order valence-corrected chi connectivity index (χ4v) is 3.71. The minimum Gasteiger partial charge on any atom is -0.461 e. The summed E-state index contributed by atoms with van der Waals surface area (Å²) in [5.74, 6) is 0.201. The van der Waals surface area contributed by atoms with E-state index >= 15 is 0 Å². The van der Waals surface area contributed by atoms with Crippen molar-refractivity contribution >= 4 is 34.7 Å². The highest BCUT2D eigenvalue weighted by Crippen LogP contribution is 2.16. The summed E-state index contributed by atoms with van der Waals surface area (Å²) in [6.45, 7) is 3.82. The number of benzene rings is 1. The van der Waals surface area contributed by atoms with E-state index in [0.29, 0.717) is 53.9 Å². The van der Waals surface area contributed by atoms with Gasteiger partial charge in [-0.2, -0.15) is 4.98 Å². The molecule has 0 saturated carbocycles. The van der Waals surface area contributed by atoms with Crippen LogP contribution in [0.2, 0.25) is 5.02 Å². The Bertz CT molecular complexity index is 1220. The molecule has 0 unspecified atom stereocenters. The molecule has 4 rings (SSSR count). The van der Waals surface area contributed by atoms with Gasteiger partial charge in [-0.15, -0.1) is 0 Å². The van der Waals surface area contributed by atoms with Gasteiger partial charge in [0.2, 0.25) is 5.95 Å². The first-order chi connectivity index (χ1) is 14.8. The van der Waals surface area contributed by atoms with Crippen molar-refractivity contribution in [1.82, 2.24) is 24.0 Å². The predicted octanol–water partition coefficient (Wildman–Crippen LogP) is 0.593. The molecule has 0 bridgehead atoms. The van der Waals surface area contributed by atoms with Crippen molar-refractivity contribution in [3.05, 3.63) is 55.7 Å². The van der Waals surface area contributed by atoms with Crippen molar-refractivity contribution in [2.45, 2.75) is 0 Å². The van der Waals surface area contributed by atoms with E-state index in [9.17, 15) is 14.4 Å². The molecule has 0 aliphatic carbocycles. The molecule has 1 aliphatic heterocycles. The Morgan fingerprint density at radius 1 is 1.10 bits per heavy atom. The van der Waals surface area contributed by atoms with Crippen LogP contribution in [-0.2, 0) is 18.8 Å². The van der Waals surface area contributed by atoms with Gasteiger partial charge in [-0.05, 0) is 24.3 Å². The second kappa shape index (κ2) is 8.56. The van der Waals surface area contributed by atoms with Gasteiger partial charge in [-0.25, -0.2) is 9.59 Å². The van der Waals surface area contributed by atoms with Gasteiger partial charge in [0.25, 0.3) is 5.56 Å². The van der Waals surface area contributed by atoms with E-state index in [-0.39, 0.29) is 5.97 Å². The first kappa shape index (κ1) is 21.1. The molecule has 1 aliphatic rings. The van der Waals surface area contributed by atoms with Gasteiger partial charge in [0.15, 0.2) is 11.2 Å². The van der Waals surface area contributed by atoms with Crippen molar-refractivity contribution in [3.8, 4) is 0 Å². The van der Waals surface area contributed by atoms with Crippen LogP contribution in [-0.4, -0.2) is 69.3 Å². The van der Waals surface area contributed by atoms with Crippen LogP contribution in [0, 0.1) is 0 Å². The Labute approximate surface area is 182 Å². The van der Waals surface area contributed by atoms with Crippen LogP contribution < -0.4 is 16.1 Å². The highest BCUT2D eigenvalue weighted by atomic mass is 35.5. The van der Waals surface area contributed by atoms with Crippen LogP contribution in [0.1, 0.15) is 10.4 Å². The topological polar surface area (TPSA) is 105 Å². The average molecular weight is 447 g/mol. The molecule has 1 N–H and O–H groups in total. The number of aromatic nitrogens is 4. The summed E-state index contributed by atoms with van der Waals surface area (Å²) >= 11 is 5.83. The number of ether oxygens (including phenoxy) is 1. The lowest BCUT2D eigenvalue weighted by Crippen LogP contribution is -2.47. The zero-order valence-electron chi connectivity index (χ0n) is 17.3. The zero-order valence-corrected chi connectivity index (χ0v) is 18.1. The Kier molecular flexibility index (Phi) is 5.84. The van der Waals surface area contributed by atoms with E-state index < -0.39 is 11.2 Å². The van der Waals surface area contributed by atoms with E-state index in [1.165, 1.54) is 11.6 Å². The number of carbonyl (C=O) groups excluding carboxylic acids is 1. The van der Waals surface area contributed by atoms with Gasteiger partial charge in [0.05, 0.1) is 5.56 Å². The largest absolute Gasteiger partial charge is 0.461 e. The Morgan fingerprint density at radius 3 is 2.45 bits per heavy atom. The van der Waals surface area contributed by atoms with E-state index in [0.717, 1.165) is 17.7 Å². The smallest absolute Gasteiger partial charge is 0.338 e. The minimum absolute atomic E-state index is 0.296. The molecule has 0 spiro atoms. The van der Waals surface area contributed by atoms with Gasteiger partial charge >= 0.3 is 11.7 Å². The second-order valence-electron chi connectivity index (χ2n) is 7.44. The standard InChI is InChI=1S/C20H23ClN6O4/c1-24-16-15(17(28)25(2)20(24)30)22-19(23-16)27-9-7-26(8-10-27)11-12-31-18(29)13-3-5-14(21)6-4-13/h3-6H,7-12H2,1-2H3,(H,22,23). The van der Waals surface area contributed by atoms with Crippen molar-refractivity contribution in [1.29, 1.82) is 0 Å². The quantitative estimate of drug-likeness (QED) is 0.572. The molecule has 0 atom stereocenters. The number of carbonyl (C=O) groups is 1. The molecule has 31 heavy (non-hydrogen) atoms. The normalized spacial score (nSPS) is 14.9. The Morgan fingerprint density at radius 2 is 1.77 bits per heavy atom. The van der Waals surface area contributed by atoms with Gasteiger partial charge in [-0.3, -0.25) is 18.8 Å². The lowest BCUT2D eigenvalue weighted by Gasteiger charge is -2.34. The van der Waals surface area contributed by atoms with E-state index in [4.69, 9.17) is 16.3 Å². The predicted molar refractivity (Wildman–Crippen MR) is 117 cm³/mol. The van der Waals surface area contributed by atoms with E-state index in [1.54, 1.807) is 31.3 Å². The van der Waals surface area contributed by atoms with Gasteiger partial charge in [0, 0.05) is 51.8 Å². The summed E-state index contributed by atoms with van der Waals surface area (Å²) < 4.78 is 7.77. The highest BCUT2D eigenvalue weighted by molar-refractivity contribution is 6.30. The molecule has 0 radical (unpaired) electrons. The first-order valence-corrected chi connectivity index (χ1v) is 10.3. The number of nitrogens with one attached hydrogen (secondary N) is 1. The third-order valence-electron chi connectivity index (χ3n) is 5.47. The van der Waals surface area contributed by atoms with Crippen LogP contribution in [0.3, 0.4) is 0 Å². The summed E-state index contributed by atoms with van der Waals surface area (Å²) in [5.41, 5.74) is 0.335. The molecular weight excluding hydrogens is 424 g/mol. The average Bonchev–Trinajstić information content (AvgIpc) is 3.23. The molecular formula is C20H23ClN6O4. The number of hydrogen-bond donors (Lipinski definition) is 1. The summed E-state index contributed by atoms with van der Waals surface area (Å²) in [4.78, 5) is 48.3. The number of aryl methyl sites for hydroxylation is 1. The third kappa shape index (κ3) is 4.21. The molecule has 10 nitrogen and oxygen atoms in total. The van der Waals surface area contributed by atoms with E-state index in [2.05, 4.69) is 14.9 Å². The molecule has 1 fully saturated rings. The number of H-pyrrole nitrogens is 1. The molecule has 3 heterocycles. The fourth-order valence-electron chi connectivity index (χ4n) is 3.58. The Balaban J connectivity index is 1.33. The number of halogens is 1. The molecule has 0 amide bonds. The number of piperazine rings is 1. The maximum absolute atomic E-state index is 12.3. The lowest BCUT2D eigenvalue weighted by molar-refractivity contribution is 0.0459. The molecule has 3 aromatic rings. The number of aromatic amines is 1. The Hall–Kier alpha value is -3.11. The number of rotatable bonds is 5. The molecule has 164 valence electrons. The maximum atomic E-state index is 12.3. The van der Waals surface area contributed by atoms with Crippen LogP contribution in [0.25, 0.3) is 11.2 Å². The summed E-state index contributed by atoms with van der Waals surface area (Å²) in [6.07, 6.45) is 0. The first-order valence-electron chi connectivity index (χ1n) is 9.91.